The second-order valence-electron chi connectivity index (χ2n) is 8.26. The van der Waals surface area contributed by atoms with E-state index in [-0.39, 0.29) is 17.9 Å². The lowest BCUT2D eigenvalue weighted by Gasteiger charge is -2.26. The topological polar surface area (TPSA) is 71.5 Å². The summed E-state index contributed by atoms with van der Waals surface area (Å²) in [7, 11) is 0. The number of pyridine rings is 1. The number of hydrogen-bond acceptors (Lipinski definition) is 4. The lowest BCUT2D eigenvalue weighted by Crippen LogP contribution is -2.46. The minimum Gasteiger partial charge on any atom is -0.489 e. The summed E-state index contributed by atoms with van der Waals surface area (Å²) >= 11 is 12.1. The highest BCUT2D eigenvalue weighted by molar-refractivity contribution is 6.35. The van der Waals surface area contributed by atoms with Crippen molar-refractivity contribution in [3.05, 3.63) is 93.7 Å². The maximum Gasteiger partial charge on any atom is 0.254 e. The van der Waals surface area contributed by atoms with Crippen molar-refractivity contribution >= 4 is 35.0 Å². The van der Waals surface area contributed by atoms with Crippen LogP contribution in [0.15, 0.2) is 67.0 Å². The Bertz CT molecular complexity index is 1140. The first-order valence-electron chi connectivity index (χ1n) is 11.1. The first-order chi connectivity index (χ1) is 16.4. The van der Waals surface area contributed by atoms with Crippen molar-refractivity contribution in [2.75, 3.05) is 6.54 Å². The first kappa shape index (κ1) is 24.0. The molecule has 4 rings (SSSR count). The highest BCUT2D eigenvalue weighted by atomic mass is 35.5. The first-order valence-corrected chi connectivity index (χ1v) is 11.9. The molecule has 1 saturated heterocycles. The van der Waals surface area contributed by atoms with Gasteiger partial charge >= 0.3 is 0 Å². The third-order valence-electron chi connectivity index (χ3n) is 5.79. The van der Waals surface area contributed by atoms with E-state index in [1.165, 1.54) is 0 Å². The van der Waals surface area contributed by atoms with Gasteiger partial charge in [0.15, 0.2) is 0 Å². The fraction of sp³-hybridized carbons (Fsp3) is 0.269. The molecule has 3 aromatic rings. The molecular weight excluding hydrogens is 473 g/mol. The average Bonchev–Trinajstić information content (AvgIpc) is 3.33. The smallest absolute Gasteiger partial charge is 0.254 e. The van der Waals surface area contributed by atoms with E-state index in [1.54, 1.807) is 35.5 Å². The molecule has 0 spiro atoms. The summed E-state index contributed by atoms with van der Waals surface area (Å²) in [5.74, 6) is 0.312. The number of hydrogen-bond donors (Lipinski definition) is 1. The number of likely N-dealkylation sites (tertiary alicyclic amines) is 1. The predicted octanol–water partition coefficient (Wildman–Crippen LogP) is 5.45. The van der Waals surface area contributed by atoms with Crippen LogP contribution >= 0.6 is 23.2 Å². The molecule has 2 amide bonds. The average molecular weight is 498 g/mol. The Hall–Kier alpha value is -3.09. The standard InChI is InChI=1S/C26H25Cl2N3O3/c1-17(19-6-8-23(9-7-19)34-16-18-4-2-10-29-15-18)30-25(32)24-5-3-11-31(24)26(33)20-12-21(27)14-22(28)13-20/h2,4,6-10,12-15,17,24H,3,5,11,16H2,1H3,(H,30,32). The van der Waals surface area contributed by atoms with Crippen LogP contribution in [0.5, 0.6) is 5.75 Å². The van der Waals surface area contributed by atoms with Crippen LogP contribution in [0.25, 0.3) is 0 Å². The summed E-state index contributed by atoms with van der Waals surface area (Å²) in [6, 6.07) is 15.4. The van der Waals surface area contributed by atoms with E-state index in [4.69, 9.17) is 27.9 Å². The van der Waals surface area contributed by atoms with E-state index in [1.807, 2.05) is 43.3 Å². The van der Waals surface area contributed by atoms with Gasteiger partial charge in [-0.2, -0.15) is 0 Å². The van der Waals surface area contributed by atoms with Crippen molar-refractivity contribution in [1.82, 2.24) is 15.2 Å². The molecule has 0 bridgehead atoms. The van der Waals surface area contributed by atoms with E-state index in [9.17, 15) is 9.59 Å². The number of rotatable bonds is 7. The van der Waals surface area contributed by atoms with Gasteiger partial charge in [0.1, 0.15) is 18.4 Å². The summed E-state index contributed by atoms with van der Waals surface area (Å²) < 4.78 is 5.80. The van der Waals surface area contributed by atoms with Crippen molar-refractivity contribution in [3.63, 3.8) is 0 Å². The van der Waals surface area contributed by atoms with E-state index >= 15 is 0 Å². The molecule has 0 saturated carbocycles. The molecule has 1 aliphatic rings. The summed E-state index contributed by atoms with van der Waals surface area (Å²) in [4.78, 5) is 31.8. The summed E-state index contributed by atoms with van der Waals surface area (Å²) in [5, 5.41) is 3.81. The largest absolute Gasteiger partial charge is 0.489 e. The molecule has 176 valence electrons. The van der Waals surface area contributed by atoms with Crippen LogP contribution in [-0.2, 0) is 11.4 Å². The number of carbonyl (C=O) groups excluding carboxylic acids is 2. The molecule has 2 aromatic carbocycles. The molecule has 6 nitrogen and oxygen atoms in total. The summed E-state index contributed by atoms with van der Waals surface area (Å²) in [6.07, 6.45) is 4.86. The van der Waals surface area contributed by atoms with Gasteiger partial charge in [0, 0.05) is 40.1 Å². The second-order valence-corrected chi connectivity index (χ2v) is 9.14. The SMILES string of the molecule is CC(NC(=O)C1CCCN1C(=O)c1cc(Cl)cc(Cl)c1)c1ccc(OCc2cccnc2)cc1. The number of nitrogens with one attached hydrogen (secondary N) is 1. The molecule has 2 unspecified atom stereocenters. The quantitative estimate of drug-likeness (QED) is 0.471. The van der Waals surface area contributed by atoms with E-state index < -0.39 is 6.04 Å². The zero-order valence-corrected chi connectivity index (χ0v) is 20.2. The van der Waals surface area contributed by atoms with Crippen molar-refractivity contribution in [2.24, 2.45) is 0 Å². The molecule has 0 radical (unpaired) electrons. The highest BCUT2D eigenvalue weighted by Gasteiger charge is 2.35. The van der Waals surface area contributed by atoms with Crippen LogP contribution in [0, 0.1) is 0 Å². The molecule has 1 fully saturated rings. The molecule has 1 aliphatic heterocycles. The Morgan fingerprint density at radius 1 is 1.15 bits per heavy atom. The van der Waals surface area contributed by atoms with Crippen molar-refractivity contribution in [2.45, 2.75) is 38.5 Å². The maximum atomic E-state index is 13.0. The van der Waals surface area contributed by atoms with Gasteiger partial charge in [-0.3, -0.25) is 14.6 Å². The Kier molecular flexibility index (Phi) is 7.70. The summed E-state index contributed by atoms with van der Waals surface area (Å²) in [5.41, 5.74) is 2.31. The maximum absolute atomic E-state index is 13.0. The number of carbonyl (C=O) groups is 2. The van der Waals surface area contributed by atoms with Crippen molar-refractivity contribution in [3.8, 4) is 5.75 Å². The number of amides is 2. The van der Waals surface area contributed by atoms with Gasteiger partial charge in [0.25, 0.3) is 5.91 Å². The number of ether oxygens (including phenoxy) is 1. The van der Waals surface area contributed by atoms with Crippen molar-refractivity contribution in [1.29, 1.82) is 0 Å². The Balaban J connectivity index is 1.36. The van der Waals surface area contributed by atoms with Crippen LogP contribution < -0.4 is 10.1 Å². The van der Waals surface area contributed by atoms with Crippen LogP contribution in [0.3, 0.4) is 0 Å². The molecule has 1 N–H and O–H groups in total. The second kappa shape index (κ2) is 10.9. The van der Waals surface area contributed by atoms with Crippen molar-refractivity contribution < 1.29 is 14.3 Å². The Morgan fingerprint density at radius 2 is 1.88 bits per heavy atom. The molecular formula is C26H25Cl2N3O3. The Morgan fingerprint density at radius 3 is 2.56 bits per heavy atom. The zero-order chi connectivity index (χ0) is 24.1. The van der Waals surface area contributed by atoms with Gasteiger partial charge in [-0.15, -0.1) is 0 Å². The van der Waals surface area contributed by atoms with E-state index in [2.05, 4.69) is 10.3 Å². The molecule has 34 heavy (non-hydrogen) atoms. The molecule has 8 heteroatoms. The van der Waals surface area contributed by atoms with Crippen LogP contribution in [0.4, 0.5) is 0 Å². The van der Waals surface area contributed by atoms with Gasteiger partial charge in [-0.05, 0) is 61.7 Å². The van der Waals surface area contributed by atoms with Gasteiger partial charge in [-0.25, -0.2) is 0 Å². The predicted molar refractivity (Wildman–Crippen MR) is 132 cm³/mol. The summed E-state index contributed by atoms with van der Waals surface area (Å²) in [6.45, 7) is 2.86. The van der Waals surface area contributed by atoms with Crippen LogP contribution in [0.1, 0.15) is 47.3 Å². The monoisotopic (exact) mass is 497 g/mol. The fourth-order valence-electron chi connectivity index (χ4n) is 4.02. The number of halogens is 2. The van der Waals surface area contributed by atoms with E-state index in [0.717, 1.165) is 23.3 Å². The zero-order valence-electron chi connectivity index (χ0n) is 18.7. The minimum atomic E-state index is -0.533. The third kappa shape index (κ3) is 5.88. The van der Waals surface area contributed by atoms with Crippen LogP contribution in [-0.4, -0.2) is 34.3 Å². The number of nitrogens with zero attached hydrogens (tertiary/aromatic N) is 2. The molecule has 1 aromatic heterocycles. The molecule has 2 heterocycles. The highest BCUT2D eigenvalue weighted by Crippen LogP contribution is 2.25. The number of aromatic nitrogens is 1. The minimum absolute atomic E-state index is 0.177. The molecule has 0 aliphatic carbocycles. The third-order valence-corrected chi connectivity index (χ3v) is 6.23. The normalized spacial score (nSPS) is 16.2. The lowest BCUT2D eigenvalue weighted by molar-refractivity contribution is -0.125. The van der Waals surface area contributed by atoms with Crippen LogP contribution in [0.2, 0.25) is 10.0 Å². The van der Waals surface area contributed by atoms with Gasteiger partial charge in [0.05, 0.1) is 6.04 Å². The van der Waals surface area contributed by atoms with Gasteiger partial charge in [0.2, 0.25) is 5.91 Å². The van der Waals surface area contributed by atoms with Gasteiger partial charge < -0.3 is 15.0 Å². The Labute approximate surface area is 208 Å². The number of benzene rings is 2. The van der Waals surface area contributed by atoms with Gasteiger partial charge in [-0.1, -0.05) is 41.4 Å². The molecule has 2 atom stereocenters. The lowest BCUT2D eigenvalue weighted by atomic mass is 10.1. The fourth-order valence-corrected chi connectivity index (χ4v) is 4.55. The van der Waals surface area contributed by atoms with E-state index in [0.29, 0.717) is 35.2 Å².